The highest BCUT2D eigenvalue weighted by molar-refractivity contribution is 5.76. The molecular weight excluding hydrogens is 241 g/mol. The quantitative estimate of drug-likeness (QED) is 0.837. The average molecular weight is 265 g/mol. The average Bonchev–Trinajstić information content (AvgIpc) is 2.31. The molecule has 0 fully saturated rings. The van der Waals surface area contributed by atoms with E-state index in [9.17, 15) is 9.18 Å². The number of hydrogen-bond donors (Lipinski definition) is 1. The molecule has 0 aromatic heterocycles. The number of benzene rings is 1. The van der Waals surface area contributed by atoms with Crippen LogP contribution in [0.3, 0.4) is 0 Å². The van der Waals surface area contributed by atoms with E-state index in [-0.39, 0.29) is 17.8 Å². The summed E-state index contributed by atoms with van der Waals surface area (Å²) in [6.45, 7) is 8.32. The van der Waals surface area contributed by atoms with Crippen molar-refractivity contribution in [3.8, 4) is 0 Å². The first-order valence-corrected chi connectivity index (χ1v) is 6.92. The summed E-state index contributed by atoms with van der Waals surface area (Å²) in [6.07, 6.45) is 1.29. The summed E-state index contributed by atoms with van der Waals surface area (Å²) in [5, 5.41) is 3.00. The Kier molecular flexibility index (Phi) is 6.00. The standard InChI is InChI=1S/C16H24FNO/c1-11(2)12(3)9-16(19)18-13(4)10-14-5-7-15(17)8-6-14/h5-8,11-13H,9-10H2,1-4H3,(H,18,19)/t12-,13+/m0/s1. The SMILES string of the molecule is CC(C)[C@@H](C)CC(=O)N[C@H](C)Cc1ccc(F)cc1. The van der Waals surface area contributed by atoms with Crippen LogP contribution in [0.2, 0.25) is 0 Å². The van der Waals surface area contributed by atoms with E-state index in [0.717, 1.165) is 12.0 Å². The van der Waals surface area contributed by atoms with E-state index in [1.54, 1.807) is 12.1 Å². The molecule has 19 heavy (non-hydrogen) atoms. The third kappa shape index (κ3) is 5.86. The zero-order valence-electron chi connectivity index (χ0n) is 12.2. The Labute approximate surface area is 115 Å². The van der Waals surface area contributed by atoms with Gasteiger partial charge in [-0.05, 0) is 42.9 Å². The molecule has 0 aliphatic carbocycles. The molecule has 3 heteroatoms. The van der Waals surface area contributed by atoms with Crippen molar-refractivity contribution >= 4 is 5.91 Å². The summed E-state index contributed by atoms with van der Waals surface area (Å²) < 4.78 is 12.8. The Morgan fingerprint density at radius 1 is 1.16 bits per heavy atom. The molecule has 1 N–H and O–H groups in total. The van der Waals surface area contributed by atoms with Crippen molar-refractivity contribution < 1.29 is 9.18 Å². The maximum atomic E-state index is 12.8. The Morgan fingerprint density at radius 2 is 1.74 bits per heavy atom. The van der Waals surface area contributed by atoms with Crippen LogP contribution in [0.15, 0.2) is 24.3 Å². The Bertz CT molecular complexity index is 400. The second-order valence-electron chi connectivity index (χ2n) is 5.72. The van der Waals surface area contributed by atoms with Crippen LogP contribution in [0.1, 0.15) is 39.7 Å². The number of rotatable bonds is 6. The summed E-state index contributed by atoms with van der Waals surface area (Å²) in [7, 11) is 0. The molecule has 0 bridgehead atoms. The van der Waals surface area contributed by atoms with Gasteiger partial charge in [-0.2, -0.15) is 0 Å². The van der Waals surface area contributed by atoms with Crippen LogP contribution in [0.25, 0.3) is 0 Å². The van der Waals surface area contributed by atoms with Gasteiger partial charge in [0.2, 0.25) is 5.91 Å². The highest BCUT2D eigenvalue weighted by Gasteiger charge is 2.14. The molecular formula is C16H24FNO. The fourth-order valence-corrected chi connectivity index (χ4v) is 1.89. The van der Waals surface area contributed by atoms with Crippen LogP contribution < -0.4 is 5.32 Å². The van der Waals surface area contributed by atoms with E-state index in [2.05, 4.69) is 26.1 Å². The summed E-state index contributed by atoms with van der Waals surface area (Å²) in [4.78, 5) is 11.8. The van der Waals surface area contributed by atoms with Crippen LogP contribution in [0.4, 0.5) is 4.39 Å². The molecule has 0 heterocycles. The van der Waals surface area contributed by atoms with Crippen LogP contribution in [0, 0.1) is 17.7 Å². The number of amides is 1. The molecule has 0 unspecified atom stereocenters. The fourth-order valence-electron chi connectivity index (χ4n) is 1.89. The van der Waals surface area contributed by atoms with Gasteiger partial charge in [0.05, 0.1) is 0 Å². The predicted molar refractivity (Wildman–Crippen MR) is 76.3 cm³/mol. The lowest BCUT2D eigenvalue weighted by atomic mass is 9.94. The molecule has 1 amide bonds. The van der Waals surface area contributed by atoms with E-state index in [1.165, 1.54) is 12.1 Å². The molecule has 1 aromatic carbocycles. The fraction of sp³-hybridized carbons (Fsp3) is 0.562. The molecule has 2 atom stereocenters. The van der Waals surface area contributed by atoms with Crippen LogP contribution in [0.5, 0.6) is 0 Å². The summed E-state index contributed by atoms with van der Waals surface area (Å²) in [6, 6.07) is 6.48. The second kappa shape index (κ2) is 7.27. The van der Waals surface area contributed by atoms with Gasteiger partial charge in [0, 0.05) is 12.5 Å². The molecule has 0 aliphatic rings. The van der Waals surface area contributed by atoms with Gasteiger partial charge in [0.15, 0.2) is 0 Å². The van der Waals surface area contributed by atoms with Gasteiger partial charge in [-0.25, -0.2) is 4.39 Å². The van der Waals surface area contributed by atoms with Crippen molar-refractivity contribution in [3.05, 3.63) is 35.6 Å². The number of carbonyl (C=O) groups excluding carboxylic acids is 1. The lowest BCUT2D eigenvalue weighted by Gasteiger charge is -2.18. The van der Waals surface area contributed by atoms with Crippen LogP contribution in [-0.4, -0.2) is 11.9 Å². The molecule has 106 valence electrons. The molecule has 0 radical (unpaired) electrons. The Balaban J connectivity index is 2.40. The summed E-state index contributed by atoms with van der Waals surface area (Å²) in [5.74, 6) is 0.762. The monoisotopic (exact) mass is 265 g/mol. The highest BCUT2D eigenvalue weighted by atomic mass is 19.1. The topological polar surface area (TPSA) is 29.1 Å². The second-order valence-corrected chi connectivity index (χ2v) is 5.72. The van der Waals surface area contributed by atoms with Gasteiger partial charge >= 0.3 is 0 Å². The normalized spacial score (nSPS) is 14.2. The van der Waals surface area contributed by atoms with Crippen LogP contribution >= 0.6 is 0 Å². The third-order valence-electron chi connectivity index (χ3n) is 3.51. The van der Waals surface area contributed by atoms with Crippen molar-refractivity contribution in [1.82, 2.24) is 5.32 Å². The number of carbonyl (C=O) groups is 1. The van der Waals surface area contributed by atoms with Gasteiger partial charge in [0.1, 0.15) is 5.82 Å². The van der Waals surface area contributed by atoms with Gasteiger partial charge in [0.25, 0.3) is 0 Å². The minimum Gasteiger partial charge on any atom is -0.353 e. The number of halogens is 1. The molecule has 0 spiro atoms. The minimum atomic E-state index is -0.230. The maximum absolute atomic E-state index is 12.8. The van der Waals surface area contributed by atoms with Crippen LogP contribution in [-0.2, 0) is 11.2 Å². The molecule has 1 rings (SSSR count). The van der Waals surface area contributed by atoms with Crippen molar-refractivity contribution in [1.29, 1.82) is 0 Å². The van der Waals surface area contributed by atoms with Gasteiger partial charge in [-0.15, -0.1) is 0 Å². The molecule has 0 saturated heterocycles. The largest absolute Gasteiger partial charge is 0.353 e. The van der Waals surface area contributed by atoms with E-state index >= 15 is 0 Å². The maximum Gasteiger partial charge on any atom is 0.220 e. The van der Waals surface area contributed by atoms with E-state index in [0.29, 0.717) is 18.3 Å². The summed E-state index contributed by atoms with van der Waals surface area (Å²) >= 11 is 0. The molecule has 2 nitrogen and oxygen atoms in total. The molecule has 0 saturated carbocycles. The lowest BCUT2D eigenvalue weighted by molar-refractivity contribution is -0.122. The van der Waals surface area contributed by atoms with Gasteiger partial charge < -0.3 is 5.32 Å². The first kappa shape index (κ1) is 15.7. The zero-order valence-corrected chi connectivity index (χ0v) is 12.2. The van der Waals surface area contributed by atoms with E-state index in [1.807, 2.05) is 6.92 Å². The van der Waals surface area contributed by atoms with Gasteiger partial charge in [-0.1, -0.05) is 32.9 Å². The van der Waals surface area contributed by atoms with Gasteiger partial charge in [-0.3, -0.25) is 4.79 Å². The third-order valence-corrected chi connectivity index (χ3v) is 3.51. The Morgan fingerprint density at radius 3 is 2.26 bits per heavy atom. The number of hydrogen-bond acceptors (Lipinski definition) is 1. The first-order chi connectivity index (χ1) is 8.88. The van der Waals surface area contributed by atoms with E-state index < -0.39 is 0 Å². The smallest absolute Gasteiger partial charge is 0.220 e. The minimum absolute atomic E-state index is 0.0670. The van der Waals surface area contributed by atoms with E-state index in [4.69, 9.17) is 0 Å². The summed E-state index contributed by atoms with van der Waals surface area (Å²) in [5.41, 5.74) is 1.03. The zero-order chi connectivity index (χ0) is 14.4. The molecule has 1 aromatic rings. The van der Waals surface area contributed by atoms with Crippen molar-refractivity contribution in [2.75, 3.05) is 0 Å². The molecule has 0 aliphatic heterocycles. The Hall–Kier alpha value is -1.38. The predicted octanol–water partition coefficient (Wildman–Crippen LogP) is 3.56. The number of nitrogens with one attached hydrogen (secondary N) is 1. The first-order valence-electron chi connectivity index (χ1n) is 6.92. The van der Waals surface area contributed by atoms with Crippen molar-refractivity contribution in [3.63, 3.8) is 0 Å². The van der Waals surface area contributed by atoms with Crippen molar-refractivity contribution in [2.24, 2.45) is 11.8 Å². The van der Waals surface area contributed by atoms with Crippen molar-refractivity contribution in [2.45, 2.75) is 46.6 Å². The lowest BCUT2D eigenvalue weighted by Crippen LogP contribution is -2.35. The highest BCUT2D eigenvalue weighted by Crippen LogP contribution is 2.14.